The van der Waals surface area contributed by atoms with Gasteiger partial charge in [0.1, 0.15) is 0 Å². The molecule has 1 N–H and O–H groups in total. The first-order chi connectivity index (χ1) is 8.63. The highest BCUT2D eigenvalue weighted by Gasteiger charge is 2.22. The van der Waals surface area contributed by atoms with Gasteiger partial charge in [-0.2, -0.15) is 0 Å². The van der Waals surface area contributed by atoms with E-state index in [2.05, 4.69) is 18.8 Å². The minimum absolute atomic E-state index is 0.0124. The molecular weight excluding hydrogens is 228 g/mol. The summed E-state index contributed by atoms with van der Waals surface area (Å²) < 4.78 is 0. The van der Waals surface area contributed by atoms with E-state index in [0.29, 0.717) is 12.1 Å². The molecule has 0 saturated carbocycles. The summed E-state index contributed by atoms with van der Waals surface area (Å²) in [6.07, 6.45) is 5.09. The van der Waals surface area contributed by atoms with Crippen LogP contribution in [0.15, 0.2) is 18.5 Å². The van der Waals surface area contributed by atoms with Crippen LogP contribution in [0.25, 0.3) is 0 Å². The minimum atomic E-state index is -0.0473. The van der Waals surface area contributed by atoms with Crippen LogP contribution >= 0.6 is 0 Å². The number of aliphatic hydroxyl groups is 1. The third-order valence-electron chi connectivity index (χ3n) is 3.11. The van der Waals surface area contributed by atoms with Gasteiger partial charge in [0.05, 0.1) is 12.2 Å². The van der Waals surface area contributed by atoms with Crippen LogP contribution in [0, 0.1) is 6.92 Å². The van der Waals surface area contributed by atoms with Crippen LogP contribution in [0.1, 0.15) is 42.6 Å². The van der Waals surface area contributed by atoms with Gasteiger partial charge in [0, 0.05) is 25.0 Å². The fourth-order valence-corrected chi connectivity index (χ4v) is 2.12. The Morgan fingerprint density at radius 1 is 1.39 bits per heavy atom. The molecule has 0 fully saturated rings. The van der Waals surface area contributed by atoms with E-state index >= 15 is 0 Å². The Morgan fingerprint density at radius 2 is 2.06 bits per heavy atom. The molecule has 1 aromatic rings. The lowest BCUT2D eigenvalue weighted by atomic mass is 10.1. The van der Waals surface area contributed by atoms with Crippen LogP contribution in [-0.4, -0.2) is 40.1 Å². The number of carbonyl (C=O) groups is 1. The molecule has 0 saturated heterocycles. The molecule has 1 heterocycles. The van der Waals surface area contributed by atoms with Crippen molar-refractivity contribution >= 4 is 5.91 Å². The lowest BCUT2D eigenvalue weighted by Crippen LogP contribution is -2.41. The molecule has 0 aliphatic rings. The smallest absolute Gasteiger partial charge is 0.255 e. The molecule has 1 amide bonds. The highest BCUT2D eigenvalue weighted by atomic mass is 16.3. The second kappa shape index (κ2) is 7.11. The highest BCUT2D eigenvalue weighted by Crippen LogP contribution is 2.13. The summed E-state index contributed by atoms with van der Waals surface area (Å²) in [6, 6.07) is 2.01. The zero-order chi connectivity index (χ0) is 13.5. The Balaban J connectivity index is 2.95. The van der Waals surface area contributed by atoms with Gasteiger partial charge in [0.25, 0.3) is 5.91 Å². The number of rotatable bonds is 6. The summed E-state index contributed by atoms with van der Waals surface area (Å²) in [6.45, 7) is 6.39. The standard InChI is InChI=1S/C14H22N2O2/c1-4-13(5-2)16(6-7-17)14(18)12-8-11(3)9-15-10-12/h8-10,13,17H,4-7H2,1-3H3. The summed E-state index contributed by atoms with van der Waals surface area (Å²) >= 11 is 0. The summed E-state index contributed by atoms with van der Waals surface area (Å²) in [4.78, 5) is 18.2. The Bertz CT molecular complexity index is 389. The van der Waals surface area contributed by atoms with Crippen LogP contribution < -0.4 is 0 Å². The first-order valence-electron chi connectivity index (χ1n) is 6.47. The molecule has 1 aromatic heterocycles. The number of hydrogen-bond donors (Lipinski definition) is 1. The van der Waals surface area contributed by atoms with E-state index in [0.717, 1.165) is 18.4 Å². The number of aryl methyl sites for hydroxylation is 1. The van der Waals surface area contributed by atoms with Crippen molar-refractivity contribution in [2.24, 2.45) is 0 Å². The monoisotopic (exact) mass is 250 g/mol. The van der Waals surface area contributed by atoms with Gasteiger partial charge in [-0.05, 0) is 31.4 Å². The Morgan fingerprint density at radius 3 is 2.56 bits per heavy atom. The Hall–Kier alpha value is -1.42. The van der Waals surface area contributed by atoms with Gasteiger partial charge in [-0.15, -0.1) is 0 Å². The van der Waals surface area contributed by atoms with Gasteiger partial charge in [-0.3, -0.25) is 9.78 Å². The number of nitrogens with zero attached hydrogens (tertiary/aromatic N) is 2. The van der Waals surface area contributed by atoms with Crippen LogP contribution in [0.2, 0.25) is 0 Å². The number of hydrogen-bond acceptors (Lipinski definition) is 3. The quantitative estimate of drug-likeness (QED) is 0.840. The van der Waals surface area contributed by atoms with Gasteiger partial charge in [-0.1, -0.05) is 13.8 Å². The van der Waals surface area contributed by atoms with E-state index in [1.54, 1.807) is 17.3 Å². The lowest BCUT2D eigenvalue weighted by Gasteiger charge is -2.30. The van der Waals surface area contributed by atoms with Gasteiger partial charge >= 0.3 is 0 Å². The van der Waals surface area contributed by atoms with Crippen molar-refractivity contribution in [2.75, 3.05) is 13.2 Å². The molecule has 18 heavy (non-hydrogen) atoms. The van der Waals surface area contributed by atoms with E-state index in [-0.39, 0.29) is 18.6 Å². The molecule has 0 unspecified atom stereocenters. The third-order valence-corrected chi connectivity index (χ3v) is 3.11. The number of amides is 1. The SMILES string of the molecule is CCC(CC)N(CCO)C(=O)c1cncc(C)c1. The molecule has 0 bridgehead atoms. The maximum Gasteiger partial charge on any atom is 0.255 e. The topological polar surface area (TPSA) is 53.4 Å². The Kier molecular flexibility index (Phi) is 5.78. The van der Waals surface area contributed by atoms with Crippen molar-refractivity contribution in [3.05, 3.63) is 29.6 Å². The summed E-state index contributed by atoms with van der Waals surface area (Å²) in [5, 5.41) is 9.12. The molecule has 0 spiro atoms. The highest BCUT2D eigenvalue weighted by molar-refractivity contribution is 5.94. The number of carbonyl (C=O) groups excluding carboxylic acids is 1. The van der Waals surface area contributed by atoms with Crippen molar-refractivity contribution in [1.82, 2.24) is 9.88 Å². The molecule has 0 aliphatic heterocycles. The molecule has 0 atom stereocenters. The fourth-order valence-electron chi connectivity index (χ4n) is 2.12. The zero-order valence-electron chi connectivity index (χ0n) is 11.4. The first kappa shape index (κ1) is 14.6. The molecule has 0 radical (unpaired) electrons. The molecular formula is C14H22N2O2. The van der Waals surface area contributed by atoms with E-state index in [1.807, 2.05) is 13.0 Å². The second-order valence-electron chi connectivity index (χ2n) is 4.44. The van der Waals surface area contributed by atoms with Crippen molar-refractivity contribution in [3.8, 4) is 0 Å². The predicted octanol–water partition coefficient (Wildman–Crippen LogP) is 2.01. The molecule has 0 aromatic carbocycles. The van der Waals surface area contributed by atoms with Crippen molar-refractivity contribution < 1.29 is 9.90 Å². The first-order valence-corrected chi connectivity index (χ1v) is 6.47. The van der Waals surface area contributed by atoms with Crippen molar-refractivity contribution in [3.63, 3.8) is 0 Å². The number of aromatic nitrogens is 1. The molecule has 0 aliphatic carbocycles. The third kappa shape index (κ3) is 3.53. The van der Waals surface area contributed by atoms with Crippen LogP contribution in [-0.2, 0) is 0 Å². The van der Waals surface area contributed by atoms with Crippen LogP contribution in [0.4, 0.5) is 0 Å². The average Bonchev–Trinajstić information content (AvgIpc) is 2.38. The van der Waals surface area contributed by atoms with Gasteiger partial charge in [-0.25, -0.2) is 0 Å². The van der Waals surface area contributed by atoms with Gasteiger partial charge < -0.3 is 10.0 Å². The maximum absolute atomic E-state index is 12.4. The molecule has 4 heteroatoms. The van der Waals surface area contributed by atoms with Gasteiger partial charge in [0.2, 0.25) is 0 Å². The average molecular weight is 250 g/mol. The molecule has 4 nitrogen and oxygen atoms in total. The second-order valence-corrected chi connectivity index (χ2v) is 4.44. The fraction of sp³-hybridized carbons (Fsp3) is 0.571. The zero-order valence-corrected chi connectivity index (χ0v) is 11.4. The minimum Gasteiger partial charge on any atom is -0.395 e. The summed E-state index contributed by atoms with van der Waals surface area (Å²) in [5.74, 6) is -0.0473. The van der Waals surface area contributed by atoms with E-state index < -0.39 is 0 Å². The van der Waals surface area contributed by atoms with Crippen LogP contribution in [0.3, 0.4) is 0 Å². The summed E-state index contributed by atoms with van der Waals surface area (Å²) in [7, 11) is 0. The van der Waals surface area contributed by atoms with E-state index in [1.165, 1.54) is 0 Å². The predicted molar refractivity (Wildman–Crippen MR) is 71.5 cm³/mol. The molecule has 1 rings (SSSR count). The molecule has 100 valence electrons. The van der Waals surface area contributed by atoms with Crippen molar-refractivity contribution in [2.45, 2.75) is 39.7 Å². The van der Waals surface area contributed by atoms with Crippen LogP contribution in [0.5, 0.6) is 0 Å². The Labute approximate surface area is 109 Å². The van der Waals surface area contributed by atoms with Gasteiger partial charge in [0.15, 0.2) is 0 Å². The number of aliphatic hydroxyl groups excluding tert-OH is 1. The maximum atomic E-state index is 12.4. The van der Waals surface area contributed by atoms with Crippen molar-refractivity contribution in [1.29, 1.82) is 0 Å². The summed E-state index contributed by atoms with van der Waals surface area (Å²) in [5.41, 5.74) is 1.56. The van der Waals surface area contributed by atoms with E-state index in [4.69, 9.17) is 5.11 Å². The number of pyridine rings is 1. The lowest BCUT2D eigenvalue weighted by molar-refractivity contribution is 0.0622. The normalized spacial score (nSPS) is 10.7. The van der Waals surface area contributed by atoms with E-state index in [9.17, 15) is 4.79 Å². The largest absolute Gasteiger partial charge is 0.395 e.